The van der Waals surface area contributed by atoms with E-state index < -0.39 is 36.3 Å². The van der Waals surface area contributed by atoms with Gasteiger partial charge in [-0.3, -0.25) is 9.59 Å². The number of amides is 3. The monoisotopic (exact) mass is 567 g/mol. The second-order valence-corrected chi connectivity index (χ2v) is 11.8. The molecule has 3 amide bonds. The van der Waals surface area contributed by atoms with Crippen molar-refractivity contribution in [3.05, 3.63) is 64.2 Å². The van der Waals surface area contributed by atoms with Crippen LogP contribution in [0.25, 0.3) is 0 Å². The second-order valence-electron chi connectivity index (χ2n) is 11.8. The molecular formula is C33H49N3O5. The lowest BCUT2D eigenvalue weighted by molar-refractivity contribution is -0.141. The molecule has 0 aromatic heterocycles. The van der Waals surface area contributed by atoms with Crippen molar-refractivity contribution in [3.63, 3.8) is 0 Å². The number of aliphatic hydroxyl groups excluding tert-OH is 1. The van der Waals surface area contributed by atoms with Crippen LogP contribution in [-0.2, 0) is 14.3 Å². The number of nitrogens with zero attached hydrogens (tertiary/aromatic N) is 1. The van der Waals surface area contributed by atoms with Gasteiger partial charge in [0, 0.05) is 12.2 Å². The highest BCUT2D eigenvalue weighted by Gasteiger charge is 2.37. The first kappa shape index (κ1) is 33.8. The van der Waals surface area contributed by atoms with Crippen molar-refractivity contribution < 1.29 is 24.2 Å². The molecule has 3 N–H and O–H groups in total. The third kappa shape index (κ3) is 9.88. The van der Waals surface area contributed by atoms with E-state index in [0.717, 1.165) is 47.9 Å². The number of carbonyl (C=O) groups is 3. The number of hydrogen-bond donors (Lipinski definition) is 3. The maximum absolute atomic E-state index is 14.2. The fourth-order valence-electron chi connectivity index (χ4n) is 4.81. The van der Waals surface area contributed by atoms with Crippen LogP contribution in [0.2, 0.25) is 0 Å². The third-order valence-electron chi connectivity index (χ3n) is 7.19. The fourth-order valence-corrected chi connectivity index (χ4v) is 4.81. The van der Waals surface area contributed by atoms with Crippen LogP contribution in [0.1, 0.15) is 93.7 Å². The van der Waals surface area contributed by atoms with Gasteiger partial charge in [-0.15, -0.1) is 0 Å². The van der Waals surface area contributed by atoms with Crippen LogP contribution in [0.5, 0.6) is 0 Å². The number of benzene rings is 2. The molecule has 0 saturated carbocycles. The lowest BCUT2D eigenvalue weighted by Gasteiger charge is -2.35. The minimum Gasteiger partial charge on any atom is -0.444 e. The third-order valence-corrected chi connectivity index (χ3v) is 7.19. The first-order valence-electron chi connectivity index (χ1n) is 14.6. The van der Waals surface area contributed by atoms with Gasteiger partial charge < -0.3 is 25.4 Å². The fraction of sp³-hybridized carbons (Fsp3) is 0.545. The Morgan fingerprint density at radius 1 is 0.902 bits per heavy atom. The molecule has 8 heteroatoms. The first-order valence-corrected chi connectivity index (χ1v) is 14.6. The molecule has 0 aliphatic rings. The minimum absolute atomic E-state index is 0.285. The Hall–Kier alpha value is -3.39. The van der Waals surface area contributed by atoms with Crippen molar-refractivity contribution in [1.82, 2.24) is 10.2 Å². The Kier molecular flexibility index (Phi) is 12.8. The van der Waals surface area contributed by atoms with Gasteiger partial charge in [0.05, 0.1) is 6.61 Å². The van der Waals surface area contributed by atoms with Crippen molar-refractivity contribution in [2.75, 3.05) is 18.5 Å². The Morgan fingerprint density at radius 3 is 2.07 bits per heavy atom. The topological polar surface area (TPSA) is 108 Å². The highest BCUT2D eigenvalue weighted by atomic mass is 16.6. The van der Waals surface area contributed by atoms with Gasteiger partial charge in [0.1, 0.15) is 17.7 Å². The number of aliphatic hydroxyl groups is 1. The molecule has 2 unspecified atom stereocenters. The molecule has 0 heterocycles. The van der Waals surface area contributed by atoms with E-state index in [1.165, 1.54) is 4.90 Å². The maximum atomic E-state index is 14.2. The van der Waals surface area contributed by atoms with Crippen molar-refractivity contribution in [3.8, 4) is 0 Å². The number of rotatable bonds is 13. The summed E-state index contributed by atoms with van der Waals surface area (Å²) in [5.41, 5.74) is 4.34. The van der Waals surface area contributed by atoms with Gasteiger partial charge in [-0.25, -0.2) is 4.79 Å². The molecular weight excluding hydrogens is 518 g/mol. The zero-order valence-electron chi connectivity index (χ0n) is 26.1. The first-order chi connectivity index (χ1) is 19.3. The van der Waals surface area contributed by atoms with Gasteiger partial charge in [-0.1, -0.05) is 69.0 Å². The van der Waals surface area contributed by atoms with Crippen LogP contribution in [0.15, 0.2) is 36.4 Å². The van der Waals surface area contributed by atoms with Crippen molar-refractivity contribution in [1.29, 1.82) is 0 Å². The summed E-state index contributed by atoms with van der Waals surface area (Å²) in [7, 11) is 0. The number of alkyl carbamates (subject to hydrolysis) is 1. The molecule has 226 valence electrons. The van der Waals surface area contributed by atoms with Gasteiger partial charge >= 0.3 is 6.09 Å². The molecule has 8 nitrogen and oxygen atoms in total. The van der Waals surface area contributed by atoms with Crippen LogP contribution < -0.4 is 10.6 Å². The molecule has 0 bridgehead atoms. The quantitative estimate of drug-likeness (QED) is 0.247. The Morgan fingerprint density at radius 2 is 1.49 bits per heavy atom. The Balaban J connectivity index is 2.57. The molecule has 0 aliphatic heterocycles. The molecule has 2 rings (SSSR count). The number of nitrogens with one attached hydrogen (secondary N) is 2. The number of ether oxygens (including phenoxy) is 1. The molecule has 0 fully saturated rings. The predicted octanol–water partition coefficient (Wildman–Crippen LogP) is 6.28. The molecule has 0 radical (unpaired) electrons. The largest absolute Gasteiger partial charge is 0.444 e. The highest BCUT2D eigenvalue weighted by Crippen LogP contribution is 2.30. The molecule has 41 heavy (non-hydrogen) atoms. The van der Waals surface area contributed by atoms with Crippen LogP contribution in [-0.4, -0.2) is 52.7 Å². The number of carbonyl (C=O) groups excluding carboxylic acids is 3. The number of anilines is 1. The van der Waals surface area contributed by atoms with E-state index >= 15 is 0 Å². The second kappa shape index (κ2) is 15.6. The van der Waals surface area contributed by atoms with Crippen molar-refractivity contribution >= 4 is 23.6 Å². The predicted molar refractivity (Wildman–Crippen MR) is 164 cm³/mol. The molecule has 0 aliphatic carbocycles. The number of unbranched alkanes of at least 4 members (excludes halogenated alkanes) is 4. The molecule has 2 atom stereocenters. The molecule has 2 aromatic rings. The van der Waals surface area contributed by atoms with E-state index in [0.29, 0.717) is 17.7 Å². The van der Waals surface area contributed by atoms with Crippen LogP contribution in [0.4, 0.5) is 10.5 Å². The smallest absolute Gasteiger partial charge is 0.408 e. The normalized spacial score (nSPS) is 12.8. The summed E-state index contributed by atoms with van der Waals surface area (Å²) in [5, 5.41) is 15.8. The van der Waals surface area contributed by atoms with Crippen LogP contribution in [0, 0.1) is 27.7 Å². The lowest BCUT2D eigenvalue weighted by Crippen LogP contribution is -2.54. The van der Waals surface area contributed by atoms with E-state index in [4.69, 9.17) is 4.74 Å². The summed E-state index contributed by atoms with van der Waals surface area (Å²) in [4.78, 5) is 42.4. The number of para-hydroxylation sites is 1. The summed E-state index contributed by atoms with van der Waals surface area (Å²) in [6.45, 7) is 14.7. The average molecular weight is 568 g/mol. The Bertz CT molecular complexity index is 1170. The van der Waals surface area contributed by atoms with E-state index in [2.05, 4.69) is 17.6 Å². The van der Waals surface area contributed by atoms with E-state index in [1.807, 2.05) is 64.1 Å². The van der Waals surface area contributed by atoms with Gasteiger partial charge in [0.2, 0.25) is 5.91 Å². The van der Waals surface area contributed by atoms with Crippen molar-refractivity contribution in [2.45, 2.75) is 105 Å². The Labute approximate surface area is 245 Å². The van der Waals surface area contributed by atoms with E-state index in [1.54, 1.807) is 20.8 Å². The number of hydrogen-bond acceptors (Lipinski definition) is 5. The maximum Gasteiger partial charge on any atom is 0.408 e. The zero-order chi connectivity index (χ0) is 30.7. The van der Waals surface area contributed by atoms with E-state index in [-0.39, 0.29) is 12.5 Å². The average Bonchev–Trinajstić information content (AvgIpc) is 2.89. The summed E-state index contributed by atoms with van der Waals surface area (Å²) >= 11 is 0. The van der Waals surface area contributed by atoms with Gasteiger partial charge in [-0.2, -0.15) is 0 Å². The zero-order valence-corrected chi connectivity index (χ0v) is 26.1. The van der Waals surface area contributed by atoms with Crippen LogP contribution >= 0.6 is 0 Å². The highest BCUT2D eigenvalue weighted by molar-refractivity contribution is 6.00. The minimum atomic E-state index is -1.28. The van der Waals surface area contributed by atoms with Crippen molar-refractivity contribution in [2.24, 2.45) is 0 Å². The molecule has 2 aromatic carbocycles. The summed E-state index contributed by atoms with van der Waals surface area (Å²) in [6.07, 6.45) is 3.93. The van der Waals surface area contributed by atoms with Gasteiger partial charge in [0.15, 0.2) is 0 Å². The molecule has 0 saturated heterocycles. The van der Waals surface area contributed by atoms with Gasteiger partial charge in [-0.05, 0) is 82.7 Å². The standard InChI is InChI=1S/C33H49N3O5/c1-9-10-11-12-13-20-36(31(39)27(21-37)34-32(40)41-33(6,7)8)29(26-19-15-16-22(2)25(26)5)30(38)35-28-23(3)17-14-18-24(28)4/h14-19,27,29,37H,9-13,20-21H2,1-8H3,(H,34,40)(H,35,38). The number of aryl methyl sites for hydroxylation is 3. The SMILES string of the molecule is CCCCCCCN(C(=O)C(CO)NC(=O)OC(C)(C)C)C(C(=O)Nc1c(C)cccc1C)c1cccc(C)c1C. The summed E-state index contributed by atoms with van der Waals surface area (Å²) < 4.78 is 5.35. The lowest BCUT2D eigenvalue weighted by atomic mass is 9.94. The van der Waals surface area contributed by atoms with Crippen LogP contribution in [0.3, 0.4) is 0 Å². The van der Waals surface area contributed by atoms with Gasteiger partial charge in [0.25, 0.3) is 5.91 Å². The summed E-state index contributed by atoms with van der Waals surface area (Å²) in [6, 6.07) is 9.24. The van der Waals surface area contributed by atoms with E-state index in [9.17, 15) is 19.5 Å². The summed E-state index contributed by atoms with van der Waals surface area (Å²) in [5.74, 6) is -0.900. The molecule has 0 spiro atoms.